The second-order valence-electron chi connectivity index (χ2n) is 17.4. The van der Waals surface area contributed by atoms with Crippen LogP contribution in [0, 0.1) is 0 Å². The first-order valence-corrected chi connectivity index (χ1v) is 22.5. The maximum absolute atomic E-state index is 14.2. The Bertz CT molecular complexity index is 2990. The van der Waals surface area contributed by atoms with E-state index in [0.717, 1.165) is 62.2 Å². The molecule has 7 aromatic rings. The topological polar surface area (TPSA) is 101 Å². The van der Waals surface area contributed by atoms with Gasteiger partial charge in [0.1, 0.15) is 23.0 Å². The van der Waals surface area contributed by atoms with Gasteiger partial charge >= 0.3 is 7.60 Å². The molecule has 0 fully saturated rings. The van der Waals surface area contributed by atoms with Gasteiger partial charge in [-0.25, -0.2) is 4.57 Å². The minimum absolute atomic E-state index is 0.0675. The zero-order valence-corrected chi connectivity index (χ0v) is 35.2. The maximum Gasteiger partial charge on any atom is 0.427 e. The Hall–Kier alpha value is -6.37. The summed E-state index contributed by atoms with van der Waals surface area (Å²) in [5.74, 6) is 2.39. The van der Waals surface area contributed by atoms with Crippen LogP contribution in [0.4, 0.5) is 0 Å². The number of hydrogen-bond donors (Lipinski definition) is 3. The number of benzene rings is 4. The first kappa shape index (κ1) is 36.7. The molecule has 1 aliphatic carbocycles. The lowest BCUT2D eigenvalue weighted by molar-refractivity contribution is 0.119. The highest BCUT2D eigenvalue weighted by molar-refractivity contribution is 7.53. The number of nitrogens with one attached hydrogen (secondary N) is 3. The standard InChI is InChI=1S/C51H46N3O5P/c1-48-32-10-6-14-38(27-32)56-31-57-39-15-7-12-34(28-39)50(3,44-22-20-42(48)52-44)46-24-25-47(54-46)51(4)35-13-9-17-41(30-35)59-60(5,55)58-40-16-8-11-33(29-40)49(2,37-19-18-36(48)26-37)43-21-23-45(51)53-43/h6-25,27-30,52-54H,26,31H2,1-5H3/t48-,49+,50-,51+,60-/m1/s1. The Morgan fingerprint density at radius 2 is 0.767 bits per heavy atom. The Morgan fingerprint density at radius 3 is 1.15 bits per heavy atom. The second-order valence-corrected chi connectivity index (χ2v) is 19.3. The smallest absolute Gasteiger partial charge is 0.427 e. The minimum atomic E-state index is -3.63. The van der Waals surface area contributed by atoms with E-state index < -0.39 is 29.3 Å². The number of fused-ring (bicyclic) bond motifs is 20. The van der Waals surface area contributed by atoms with Gasteiger partial charge in [0.15, 0.2) is 0 Å². The molecule has 3 aromatic heterocycles. The van der Waals surface area contributed by atoms with Crippen LogP contribution in [0.5, 0.6) is 23.0 Å². The third-order valence-corrected chi connectivity index (χ3v) is 15.2. The predicted octanol–water partition coefficient (Wildman–Crippen LogP) is 11.6. The molecule has 3 N–H and O–H groups in total. The molecule has 6 heterocycles. The monoisotopic (exact) mass is 811 g/mol. The first-order valence-electron chi connectivity index (χ1n) is 20.5. The third kappa shape index (κ3) is 5.33. The lowest BCUT2D eigenvalue weighted by Gasteiger charge is -2.37. The van der Waals surface area contributed by atoms with E-state index in [-0.39, 0.29) is 6.79 Å². The van der Waals surface area contributed by atoms with Crippen molar-refractivity contribution in [1.82, 2.24) is 15.0 Å². The summed E-state index contributed by atoms with van der Waals surface area (Å²) in [5.41, 5.74) is 9.97. The van der Waals surface area contributed by atoms with E-state index in [1.54, 1.807) is 0 Å². The summed E-state index contributed by atoms with van der Waals surface area (Å²) in [4.78, 5) is 12.1. The number of rotatable bonds is 0. The van der Waals surface area contributed by atoms with Crippen molar-refractivity contribution in [3.05, 3.63) is 213 Å². The number of hydrogen-bond acceptors (Lipinski definition) is 5. The minimum Gasteiger partial charge on any atom is -0.457 e. The highest BCUT2D eigenvalue weighted by Gasteiger charge is 2.46. The van der Waals surface area contributed by atoms with Gasteiger partial charge in [-0.1, -0.05) is 60.7 Å². The molecule has 0 radical (unpaired) electrons. The average molecular weight is 812 g/mol. The van der Waals surface area contributed by atoms with Crippen LogP contribution in [0.25, 0.3) is 0 Å². The van der Waals surface area contributed by atoms with Crippen LogP contribution in [0.3, 0.4) is 0 Å². The lowest BCUT2D eigenvalue weighted by atomic mass is 9.68. The molecule has 60 heavy (non-hydrogen) atoms. The van der Waals surface area contributed by atoms with Crippen molar-refractivity contribution >= 4 is 7.60 Å². The Labute approximate surface area is 349 Å². The fraction of sp³-hybridized carbons (Fsp3) is 0.216. The van der Waals surface area contributed by atoms with Gasteiger partial charge in [-0.15, -0.1) is 0 Å². The van der Waals surface area contributed by atoms with Crippen LogP contribution in [-0.2, 0) is 26.2 Å². The number of aromatic nitrogens is 3. The molecular formula is C51H46N3O5P. The van der Waals surface area contributed by atoms with Gasteiger partial charge in [-0.2, -0.15) is 0 Å². The van der Waals surface area contributed by atoms with Crippen molar-refractivity contribution in [2.24, 2.45) is 0 Å². The zero-order valence-electron chi connectivity index (χ0n) is 34.3. The molecule has 20 bridgehead atoms. The summed E-state index contributed by atoms with van der Waals surface area (Å²) in [5, 5.41) is 0. The van der Waals surface area contributed by atoms with Gasteiger partial charge in [0.05, 0.1) is 28.3 Å². The SMILES string of the molecule is C[C@]12C3=CC=C(C3)[C@]3(C)c4cccc(c4)O[P@@](C)(=O)Oc4cccc(c4)[C@@](C)(c4ccc3[nH]4)c3ccc([nH]3)[C@](C)(c3cccc(c3)OCOc3cccc1c3)c1ccc2[nH]1. The zero-order chi connectivity index (χ0) is 41.1. The van der Waals surface area contributed by atoms with Crippen molar-refractivity contribution in [2.45, 2.75) is 55.8 Å². The van der Waals surface area contributed by atoms with Gasteiger partial charge in [0, 0.05) is 34.2 Å². The summed E-state index contributed by atoms with van der Waals surface area (Å²) in [6.45, 7) is 10.7. The van der Waals surface area contributed by atoms with Crippen molar-refractivity contribution in [3.63, 3.8) is 0 Å². The molecule has 9 heteroatoms. The quantitative estimate of drug-likeness (QED) is 0.132. The molecule has 300 valence electrons. The molecule has 0 amide bonds. The molecule has 4 aromatic carbocycles. The van der Waals surface area contributed by atoms with E-state index in [1.807, 2.05) is 54.6 Å². The fourth-order valence-electron chi connectivity index (χ4n) is 10.2. The largest absolute Gasteiger partial charge is 0.457 e. The van der Waals surface area contributed by atoms with E-state index in [9.17, 15) is 4.57 Å². The number of allylic oxidation sites excluding steroid dienone is 4. The molecule has 11 rings (SSSR count). The Kier molecular flexibility index (Phi) is 7.84. The van der Waals surface area contributed by atoms with E-state index in [1.165, 1.54) is 17.8 Å². The molecule has 0 spiro atoms. The van der Waals surface area contributed by atoms with Gasteiger partial charge in [-0.3, -0.25) is 0 Å². The molecule has 5 atom stereocenters. The van der Waals surface area contributed by atoms with Crippen LogP contribution < -0.4 is 18.5 Å². The predicted molar refractivity (Wildman–Crippen MR) is 234 cm³/mol. The Morgan fingerprint density at radius 1 is 0.450 bits per heavy atom. The van der Waals surface area contributed by atoms with E-state index in [0.29, 0.717) is 23.7 Å². The van der Waals surface area contributed by atoms with Gasteiger partial charge in [0.2, 0.25) is 6.79 Å². The average Bonchev–Trinajstić information content (AvgIpc) is 4.10. The van der Waals surface area contributed by atoms with Crippen LogP contribution >= 0.6 is 7.60 Å². The molecule has 3 aliphatic heterocycles. The molecule has 8 nitrogen and oxygen atoms in total. The van der Waals surface area contributed by atoms with Crippen molar-refractivity contribution in [2.75, 3.05) is 13.5 Å². The second kappa shape index (κ2) is 12.8. The van der Waals surface area contributed by atoms with E-state index in [4.69, 9.17) is 18.5 Å². The summed E-state index contributed by atoms with van der Waals surface area (Å²) in [7, 11) is -3.63. The molecule has 0 unspecified atom stereocenters. The molecule has 0 saturated heterocycles. The normalized spacial score (nSPS) is 27.4. The van der Waals surface area contributed by atoms with Gasteiger partial charge < -0.3 is 33.5 Å². The summed E-state index contributed by atoms with van der Waals surface area (Å²) in [6.07, 6.45) is 5.28. The van der Waals surface area contributed by atoms with Gasteiger partial charge in [0.25, 0.3) is 0 Å². The van der Waals surface area contributed by atoms with E-state index >= 15 is 0 Å². The van der Waals surface area contributed by atoms with Crippen LogP contribution in [0.1, 0.15) is 90.5 Å². The number of ether oxygens (including phenoxy) is 2. The van der Waals surface area contributed by atoms with Crippen LogP contribution in [0.2, 0.25) is 0 Å². The highest BCUT2D eigenvalue weighted by atomic mass is 31.2. The number of aromatic amines is 3. The van der Waals surface area contributed by atoms with Crippen LogP contribution in [-0.4, -0.2) is 28.4 Å². The lowest BCUT2D eigenvalue weighted by Crippen LogP contribution is -2.32. The van der Waals surface area contributed by atoms with Crippen molar-refractivity contribution in [1.29, 1.82) is 0 Å². The van der Waals surface area contributed by atoms with Gasteiger partial charge in [-0.05, 0) is 152 Å². The first-order chi connectivity index (χ1) is 28.9. The van der Waals surface area contributed by atoms with E-state index in [2.05, 4.69) is 134 Å². The van der Waals surface area contributed by atoms with Crippen molar-refractivity contribution in [3.8, 4) is 23.0 Å². The van der Waals surface area contributed by atoms with Crippen molar-refractivity contribution < 1.29 is 23.1 Å². The summed E-state index contributed by atoms with van der Waals surface area (Å²) >= 11 is 0. The molecular weight excluding hydrogens is 766 g/mol. The third-order valence-electron chi connectivity index (χ3n) is 14.1. The fourth-order valence-corrected chi connectivity index (χ4v) is 11.2. The number of H-pyrrole nitrogens is 3. The summed E-state index contributed by atoms with van der Waals surface area (Å²) < 4.78 is 39.3. The molecule has 4 aliphatic rings. The highest BCUT2D eigenvalue weighted by Crippen LogP contribution is 2.54. The van der Waals surface area contributed by atoms with Crippen LogP contribution in [0.15, 0.2) is 157 Å². The Balaban J connectivity index is 1.24. The maximum atomic E-state index is 14.2. The summed E-state index contributed by atoms with van der Waals surface area (Å²) in [6, 6.07) is 45.9. The molecule has 0 saturated carbocycles.